The van der Waals surface area contributed by atoms with E-state index in [1.54, 1.807) is 19.3 Å². The maximum absolute atomic E-state index is 11.9. The zero-order valence-corrected chi connectivity index (χ0v) is 12.7. The van der Waals surface area contributed by atoms with E-state index in [4.69, 9.17) is 4.74 Å². The topological polar surface area (TPSA) is 81.2 Å². The number of nitrogens with zero attached hydrogens (tertiary/aromatic N) is 2. The average molecular weight is 287 g/mol. The van der Waals surface area contributed by atoms with Gasteiger partial charge in [0.05, 0.1) is 6.10 Å². The lowest BCUT2D eigenvalue weighted by Crippen LogP contribution is -2.36. The van der Waals surface area contributed by atoms with Crippen LogP contribution in [0.4, 0.5) is 0 Å². The molecule has 0 bridgehead atoms. The number of sulfonamides is 1. The molecular weight excluding hydrogens is 266 g/mol. The number of rotatable bonds is 6. The fraction of sp³-hybridized carbons (Fsp3) is 0.667. The van der Waals surface area contributed by atoms with Gasteiger partial charge in [0.2, 0.25) is 10.0 Å². The van der Waals surface area contributed by atoms with Crippen LogP contribution in [0.3, 0.4) is 0 Å². The summed E-state index contributed by atoms with van der Waals surface area (Å²) < 4.78 is 31.8. The van der Waals surface area contributed by atoms with E-state index < -0.39 is 21.4 Å². The summed E-state index contributed by atoms with van der Waals surface area (Å²) in [6.45, 7) is 7.15. The first-order valence-corrected chi connectivity index (χ1v) is 7.69. The lowest BCUT2D eigenvalue weighted by atomic mass is 10.2. The molecule has 0 saturated heterocycles. The quantitative estimate of drug-likeness (QED) is 0.850. The van der Waals surface area contributed by atoms with E-state index in [0.29, 0.717) is 5.82 Å². The van der Waals surface area contributed by atoms with E-state index in [1.165, 1.54) is 7.05 Å². The largest absolute Gasteiger partial charge is 0.366 e. The average Bonchev–Trinajstić information content (AvgIpc) is 2.36. The molecule has 108 valence electrons. The standard InChI is InChI=1S/C12H21N3O3S/c1-8(2)18-11(10(4)19(16,17)13-5)12-14-6-9(3)7-15-12/h6-8,10-11,13H,1-5H3/t10-,11-/m0/s1. The monoisotopic (exact) mass is 287 g/mol. The van der Waals surface area contributed by atoms with Gasteiger partial charge >= 0.3 is 0 Å². The van der Waals surface area contributed by atoms with Crippen LogP contribution in [0.5, 0.6) is 0 Å². The Balaban J connectivity index is 3.11. The molecule has 0 fully saturated rings. The maximum Gasteiger partial charge on any atom is 0.216 e. The van der Waals surface area contributed by atoms with Crippen molar-refractivity contribution in [1.82, 2.24) is 14.7 Å². The van der Waals surface area contributed by atoms with Crippen LogP contribution in [0.1, 0.15) is 38.3 Å². The molecule has 0 saturated carbocycles. The fourth-order valence-electron chi connectivity index (χ4n) is 1.57. The van der Waals surface area contributed by atoms with Gasteiger partial charge < -0.3 is 4.74 Å². The van der Waals surface area contributed by atoms with E-state index >= 15 is 0 Å². The number of nitrogens with one attached hydrogen (secondary N) is 1. The Morgan fingerprint density at radius 3 is 2.16 bits per heavy atom. The Morgan fingerprint density at radius 1 is 1.21 bits per heavy atom. The summed E-state index contributed by atoms with van der Waals surface area (Å²) in [5.74, 6) is 0.380. The van der Waals surface area contributed by atoms with E-state index in [2.05, 4.69) is 14.7 Å². The molecule has 1 aromatic heterocycles. The van der Waals surface area contributed by atoms with E-state index in [0.717, 1.165) is 5.56 Å². The van der Waals surface area contributed by atoms with Gasteiger partial charge in [-0.15, -0.1) is 0 Å². The summed E-state index contributed by atoms with van der Waals surface area (Å²) in [5.41, 5.74) is 0.913. The highest BCUT2D eigenvalue weighted by molar-refractivity contribution is 7.90. The van der Waals surface area contributed by atoms with Gasteiger partial charge in [-0.1, -0.05) is 0 Å². The molecule has 1 N–H and O–H groups in total. The normalized spacial score (nSPS) is 15.5. The highest BCUT2D eigenvalue weighted by Crippen LogP contribution is 2.24. The minimum atomic E-state index is -3.46. The molecule has 0 radical (unpaired) electrons. The van der Waals surface area contributed by atoms with Crippen LogP contribution in [0.15, 0.2) is 12.4 Å². The Morgan fingerprint density at radius 2 is 1.74 bits per heavy atom. The van der Waals surface area contributed by atoms with Gasteiger partial charge in [-0.3, -0.25) is 0 Å². The molecule has 0 aliphatic carbocycles. The number of aryl methyl sites for hydroxylation is 1. The van der Waals surface area contributed by atoms with Crippen LogP contribution < -0.4 is 4.72 Å². The molecular formula is C12H21N3O3S. The first-order chi connectivity index (χ1) is 8.77. The second-order valence-electron chi connectivity index (χ2n) is 4.68. The molecule has 1 aromatic rings. The second kappa shape index (κ2) is 6.40. The van der Waals surface area contributed by atoms with Crippen molar-refractivity contribution in [2.45, 2.75) is 45.2 Å². The van der Waals surface area contributed by atoms with Gasteiger partial charge in [0.1, 0.15) is 11.4 Å². The smallest absolute Gasteiger partial charge is 0.216 e. The molecule has 0 unspecified atom stereocenters. The fourth-order valence-corrected chi connectivity index (χ4v) is 2.46. The highest BCUT2D eigenvalue weighted by atomic mass is 32.2. The maximum atomic E-state index is 11.9. The first-order valence-electron chi connectivity index (χ1n) is 6.14. The van der Waals surface area contributed by atoms with Gasteiger partial charge in [0.25, 0.3) is 0 Å². The van der Waals surface area contributed by atoms with Crippen LogP contribution in [-0.2, 0) is 14.8 Å². The van der Waals surface area contributed by atoms with Crippen molar-refractivity contribution in [3.8, 4) is 0 Å². The van der Waals surface area contributed by atoms with Gasteiger partial charge in [0.15, 0.2) is 5.82 Å². The van der Waals surface area contributed by atoms with Crippen LogP contribution >= 0.6 is 0 Å². The third-order valence-corrected chi connectivity index (χ3v) is 4.47. The highest BCUT2D eigenvalue weighted by Gasteiger charge is 2.33. The van der Waals surface area contributed by atoms with Gasteiger partial charge in [-0.25, -0.2) is 23.1 Å². The van der Waals surface area contributed by atoms with Crippen molar-refractivity contribution in [2.24, 2.45) is 0 Å². The summed E-state index contributed by atoms with van der Waals surface area (Å²) >= 11 is 0. The number of hydrogen-bond donors (Lipinski definition) is 1. The first kappa shape index (κ1) is 16.0. The second-order valence-corrected chi connectivity index (χ2v) is 6.92. The Hall–Kier alpha value is -1.05. The van der Waals surface area contributed by atoms with Gasteiger partial charge in [-0.05, 0) is 40.3 Å². The molecule has 0 aliphatic rings. The molecule has 0 aliphatic heterocycles. The zero-order valence-electron chi connectivity index (χ0n) is 11.9. The predicted molar refractivity (Wildman–Crippen MR) is 73.2 cm³/mol. The lowest BCUT2D eigenvalue weighted by molar-refractivity contribution is 0.00130. The summed E-state index contributed by atoms with van der Waals surface area (Å²) in [5, 5.41) is -0.775. The summed E-state index contributed by atoms with van der Waals surface area (Å²) in [6.07, 6.45) is 2.48. The van der Waals surface area contributed by atoms with Gasteiger partial charge in [0, 0.05) is 12.4 Å². The van der Waals surface area contributed by atoms with E-state index in [9.17, 15) is 8.42 Å². The third-order valence-electron chi connectivity index (χ3n) is 2.67. The molecule has 0 aromatic carbocycles. The van der Waals surface area contributed by atoms with Crippen molar-refractivity contribution in [2.75, 3.05) is 7.05 Å². The minimum absolute atomic E-state index is 0.121. The lowest BCUT2D eigenvalue weighted by Gasteiger charge is -2.24. The third kappa shape index (κ3) is 4.22. The van der Waals surface area contributed by atoms with Crippen molar-refractivity contribution in [3.63, 3.8) is 0 Å². The van der Waals surface area contributed by atoms with Gasteiger partial charge in [-0.2, -0.15) is 0 Å². The SMILES string of the molecule is CNS(=O)(=O)[C@@H](C)[C@H](OC(C)C)c1ncc(C)cn1. The predicted octanol–water partition coefficient (Wildman–Crippen LogP) is 1.19. The van der Waals surface area contributed by atoms with Crippen molar-refractivity contribution in [1.29, 1.82) is 0 Å². The molecule has 6 nitrogen and oxygen atoms in total. The number of aromatic nitrogens is 2. The van der Waals surface area contributed by atoms with E-state index in [-0.39, 0.29) is 6.10 Å². The molecule has 19 heavy (non-hydrogen) atoms. The Kier molecular flexibility index (Phi) is 5.39. The van der Waals surface area contributed by atoms with Crippen LogP contribution in [0, 0.1) is 6.92 Å². The minimum Gasteiger partial charge on any atom is -0.366 e. The Bertz CT molecular complexity index is 499. The molecule has 7 heteroatoms. The summed E-state index contributed by atoms with van der Waals surface area (Å²) in [6, 6.07) is 0. The summed E-state index contributed by atoms with van der Waals surface area (Å²) in [7, 11) is -2.07. The van der Waals surface area contributed by atoms with Crippen molar-refractivity contribution >= 4 is 10.0 Å². The molecule has 0 amide bonds. The molecule has 1 heterocycles. The zero-order chi connectivity index (χ0) is 14.6. The molecule has 2 atom stereocenters. The van der Waals surface area contributed by atoms with Crippen LogP contribution in [-0.4, -0.2) is 36.8 Å². The number of ether oxygens (including phenoxy) is 1. The van der Waals surface area contributed by atoms with Crippen LogP contribution in [0.2, 0.25) is 0 Å². The molecule has 1 rings (SSSR count). The Labute approximate surface area is 114 Å². The van der Waals surface area contributed by atoms with Crippen molar-refractivity contribution in [3.05, 3.63) is 23.8 Å². The summed E-state index contributed by atoms with van der Waals surface area (Å²) in [4.78, 5) is 8.34. The molecule has 0 spiro atoms. The van der Waals surface area contributed by atoms with Crippen molar-refractivity contribution < 1.29 is 13.2 Å². The van der Waals surface area contributed by atoms with Crippen LogP contribution in [0.25, 0.3) is 0 Å². The van der Waals surface area contributed by atoms with E-state index in [1.807, 2.05) is 20.8 Å². The number of hydrogen-bond acceptors (Lipinski definition) is 5.